The highest BCUT2D eigenvalue weighted by atomic mass is 35.5. The topological polar surface area (TPSA) is 62.7 Å². The molecule has 0 bridgehead atoms. The molecule has 0 aliphatic carbocycles. The summed E-state index contributed by atoms with van der Waals surface area (Å²) in [7, 11) is 0. The summed E-state index contributed by atoms with van der Waals surface area (Å²) < 4.78 is 0. The van der Waals surface area contributed by atoms with E-state index in [1.807, 2.05) is 0 Å². The van der Waals surface area contributed by atoms with E-state index < -0.39 is 0 Å². The lowest BCUT2D eigenvalue weighted by Crippen LogP contribution is -1.97. The first-order valence-corrected chi connectivity index (χ1v) is 5.95. The maximum absolute atomic E-state index is 8.84. The predicted molar refractivity (Wildman–Crippen MR) is 73.4 cm³/mol. The summed E-state index contributed by atoms with van der Waals surface area (Å²) in [5, 5.41) is 9.83. The van der Waals surface area contributed by atoms with Crippen molar-refractivity contribution in [3.05, 3.63) is 46.1 Å². The minimum Gasteiger partial charge on any atom is -0.397 e. The standard InChI is InChI=1S/C13H9Cl2N3/c14-10-2-1-3-11(15)12(10)13-8(4-5-16)6-9(17)7-18-13/h1-3,6-7H,4,17H2. The zero-order valence-corrected chi connectivity index (χ0v) is 10.8. The summed E-state index contributed by atoms with van der Waals surface area (Å²) in [6.45, 7) is 0. The van der Waals surface area contributed by atoms with Crippen LogP contribution in [0.2, 0.25) is 10.0 Å². The smallest absolute Gasteiger partial charge is 0.0776 e. The summed E-state index contributed by atoms with van der Waals surface area (Å²) >= 11 is 12.3. The van der Waals surface area contributed by atoms with Crippen molar-refractivity contribution >= 4 is 28.9 Å². The lowest BCUT2D eigenvalue weighted by Gasteiger charge is -2.10. The van der Waals surface area contributed by atoms with E-state index in [4.69, 9.17) is 34.2 Å². The average molecular weight is 278 g/mol. The molecule has 0 unspecified atom stereocenters. The Hall–Kier alpha value is -1.76. The highest BCUT2D eigenvalue weighted by molar-refractivity contribution is 6.39. The predicted octanol–water partition coefficient (Wildman–Crippen LogP) is 3.70. The van der Waals surface area contributed by atoms with Gasteiger partial charge in [0.2, 0.25) is 0 Å². The van der Waals surface area contributed by atoms with Crippen molar-refractivity contribution < 1.29 is 0 Å². The Morgan fingerprint density at radius 3 is 2.56 bits per heavy atom. The van der Waals surface area contributed by atoms with Crippen LogP contribution in [0.15, 0.2) is 30.5 Å². The molecule has 18 heavy (non-hydrogen) atoms. The molecular weight excluding hydrogens is 269 g/mol. The second-order valence-corrected chi connectivity index (χ2v) is 4.52. The molecule has 0 fully saturated rings. The quantitative estimate of drug-likeness (QED) is 0.910. The van der Waals surface area contributed by atoms with Gasteiger partial charge in [0, 0.05) is 5.56 Å². The molecule has 0 aliphatic rings. The number of nitriles is 1. The van der Waals surface area contributed by atoms with E-state index in [1.54, 1.807) is 24.3 Å². The molecule has 3 nitrogen and oxygen atoms in total. The minimum atomic E-state index is 0.203. The van der Waals surface area contributed by atoms with Gasteiger partial charge >= 0.3 is 0 Å². The van der Waals surface area contributed by atoms with Crippen LogP contribution < -0.4 is 5.73 Å². The molecule has 2 rings (SSSR count). The van der Waals surface area contributed by atoms with E-state index in [0.29, 0.717) is 32.6 Å². The zero-order valence-electron chi connectivity index (χ0n) is 9.32. The fourth-order valence-electron chi connectivity index (χ4n) is 1.70. The third-order valence-electron chi connectivity index (χ3n) is 2.46. The third-order valence-corrected chi connectivity index (χ3v) is 3.09. The van der Waals surface area contributed by atoms with Gasteiger partial charge in [0.05, 0.1) is 40.1 Å². The number of pyridine rings is 1. The fraction of sp³-hybridized carbons (Fsp3) is 0.0769. The van der Waals surface area contributed by atoms with Crippen molar-refractivity contribution in [2.75, 3.05) is 5.73 Å². The normalized spacial score (nSPS) is 10.1. The van der Waals surface area contributed by atoms with Crippen LogP contribution in [0.3, 0.4) is 0 Å². The van der Waals surface area contributed by atoms with E-state index >= 15 is 0 Å². The molecule has 2 aromatic rings. The SMILES string of the molecule is N#CCc1cc(N)cnc1-c1c(Cl)cccc1Cl. The molecule has 90 valence electrons. The number of benzene rings is 1. The van der Waals surface area contributed by atoms with Gasteiger partial charge in [0.1, 0.15) is 0 Å². The first-order chi connectivity index (χ1) is 8.63. The molecule has 0 saturated carbocycles. The van der Waals surface area contributed by atoms with Gasteiger partial charge in [0.25, 0.3) is 0 Å². The number of nitrogen functional groups attached to an aromatic ring is 1. The first-order valence-electron chi connectivity index (χ1n) is 5.19. The van der Waals surface area contributed by atoms with Gasteiger partial charge in [-0.05, 0) is 23.8 Å². The van der Waals surface area contributed by atoms with Gasteiger partial charge in [-0.3, -0.25) is 4.98 Å². The Kier molecular flexibility index (Phi) is 3.71. The molecule has 5 heteroatoms. The van der Waals surface area contributed by atoms with E-state index in [2.05, 4.69) is 11.1 Å². The number of aromatic nitrogens is 1. The van der Waals surface area contributed by atoms with Gasteiger partial charge < -0.3 is 5.73 Å². The van der Waals surface area contributed by atoms with Crippen LogP contribution in [0.4, 0.5) is 5.69 Å². The summed E-state index contributed by atoms with van der Waals surface area (Å²) in [4.78, 5) is 4.24. The van der Waals surface area contributed by atoms with Crippen molar-refractivity contribution in [1.29, 1.82) is 5.26 Å². The second-order valence-electron chi connectivity index (χ2n) is 3.71. The minimum absolute atomic E-state index is 0.203. The van der Waals surface area contributed by atoms with Gasteiger partial charge in [-0.15, -0.1) is 0 Å². The molecular formula is C13H9Cl2N3. The summed E-state index contributed by atoms with van der Waals surface area (Å²) in [5.41, 5.74) is 8.13. The number of rotatable bonds is 2. The average Bonchev–Trinajstić information content (AvgIpc) is 2.32. The second kappa shape index (κ2) is 5.26. The monoisotopic (exact) mass is 277 g/mol. The molecule has 1 aromatic carbocycles. The van der Waals surface area contributed by atoms with Crippen molar-refractivity contribution in [1.82, 2.24) is 4.98 Å². The van der Waals surface area contributed by atoms with E-state index in [-0.39, 0.29) is 6.42 Å². The van der Waals surface area contributed by atoms with Crippen LogP contribution >= 0.6 is 23.2 Å². The fourth-order valence-corrected chi connectivity index (χ4v) is 2.27. The Labute approximate surface area is 115 Å². The highest BCUT2D eigenvalue weighted by Gasteiger charge is 2.14. The van der Waals surface area contributed by atoms with Crippen LogP contribution in [0, 0.1) is 11.3 Å². The Morgan fingerprint density at radius 2 is 1.94 bits per heavy atom. The van der Waals surface area contributed by atoms with Gasteiger partial charge in [-0.1, -0.05) is 29.3 Å². The number of hydrogen-bond acceptors (Lipinski definition) is 3. The maximum atomic E-state index is 8.84. The van der Waals surface area contributed by atoms with E-state index in [1.165, 1.54) is 6.20 Å². The van der Waals surface area contributed by atoms with Crippen molar-refractivity contribution in [2.24, 2.45) is 0 Å². The van der Waals surface area contributed by atoms with Crippen molar-refractivity contribution in [3.63, 3.8) is 0 Å². The zero-order chi connectivity index (χ0) is 13.1. The van der Waals surface area contributed by atoms with Crippen LogP contribution in [0.1, 0.15) is 5.56 Å². The maximum Gasteiger partial charge on any atom is 0.0776 e. The molecule has 0 radical (unpaired) electrons. The molecule has 0 spiro atoms. The van der Waals surface area contributed by atoms with Crippen LogP contribution in [0.5, 0.6) is 0 Å². The van der Waals surface area contributed by atoms with Crippen LogP contribution in [0.25, 0.3) is 11.3 Å². The lowest BCUT2D eigenvalue weighted by atomic mass is 10.0. The molecule has 0 amide bonds. The van der Waals surface area contributed by atoms with Gasteiger partial charge in [0.15, 0.2) is 0 Å². The first kappa shape index (κ1) is 12.7. The van der Waals surface area contributed by atoms with E-state index in [0.717, 1.165) is 0 Å². The molecule has 1 heterocycles. The van der Waals surface area contributed by atoms with Crippen LogP contribution in [-0.4, -0.2) is 4.98 Å². The summed E-state index contributed by atoms with van der Waals surface area (Å²) in [5.74, 6) is 0. The Bertz CT molecular complexity index is 612. The number of nitrogens with two attached hydrogens (primary N) is 1. The third kappa shape index (κ3) is 2.40. The number of nitrogens with zero attached hydrogens (tertiary/aromatic N) is 2. The summed E-state index contributed by atoms with van der Waals surface area (Å²) in [6, 6.07) is 9.02. The largest absolute Gasteiger partial charge is 0.397 e. The molecule has 0 saturated heterocycles. The Morgan fingerprint density at radius 1 is 1.28 bits per heavy atom. The summed E-state index contributed by atoms with van der Waals surface area (Å²) in [6.07, 6.45) is 1.73. The Balaban J connectivity index is 2.68. The van der Waals surface area contributed by atoms with Crippen LogP contribution in [-0.2, 0) is 6.42 Å². The van der Waals surface area contributed by atoms with Gasteiger partial charge in [-0.2, -0.15) is 5.26 Å². The van der Waals surface area contributed by atoms with Crippen molar-refractivity contribution in [2.45, 2.75) is 6.42 Å². The number of anilines is 1. The molecule has 1 aromatic heterocycles. The molecule has 0 aliphatic heterocycles. The number of halogens is 2. The molecule has 2 N–H and O–H groups in total. The molecule has 0 atom stereocenters. The van der Waals surface area contributed by atoms with Gasteiger partial charge in [-0.25, -0.2) is 0 Å². The van der Waals surface area contributed by atoms with Crippen molar-refractivity contribution in [3.8, 4) is 17.3 Å². The highest BCUT2D eigenvalue weighted by Crippen LogP contribution is 2.35. The van der Waals surface area contributed by atoms with E-state index in [9.17, 15) is 0 Å². The number of hydrogen-bond donors (Lipinski definition) is 1. The lowest BCUT2D eigenvalue weighted by molar-refractivity contribution is 1.20.